The molecule has 0 radical (unpaired) electrons. The second kappa shape index (κ2) is 4.60. The van der Waals surface area contributed by atoms with Crippen LogP contribution in [0.4, 0.5) is 0 Å². The van der Waals surface area contributed by atoms with Crippen molar-refractivity contribution in [3.8, 4) is 0 Å². The van der Waals surface area contributed by atoms with E-state index in [1.165, 1.54) is 0 Å². The van der Waals surface area contributed by atoms with E-state index in [0.717, 1.165) is 38.6 Å². The third-order valence-electron chi connectivity index (χ3n) is 4.72. The second-order valence-electron chi connectivity index (χ2n) is 6.56. The first-order valence-corrected chi connectivity index (χ1v) is 6.99. The summed E-state index contributed by atoms with van der Waals surface area (Å²) in [5.41, 5.74) is 6.07. The molecule has 0 aromatic carbocycles. The highest BCUT2D eigenvalue weighted by Gasteiger charge is 2.41. The van der Waals surface area contributed by atoms with Gasteiger partial charge in [-0.1, -0.05) is 6.92 Å². The van der Waals surface area contributed by atoms with Crippen LogP contribution in [0.15, 0.2) is 0 Å². The summed E-state index contributed by atoms with van der Waals surface area (Å²) in [7, 11) is 0. The van der Waals surface area contributed by atoms with Crippen LogP contribution >= 0.6 is 0 Å². The average molecular weight is 238 g/mol. The van der Waals surface area contributed by atoms with Gasteiger partial charge < -0.3 is 10.6 Å². The number of carbonyl (C=O) groups excluding carboxylic acids is 1. The predicted molar refractivity (Wildman–Crippen MR) is 69.5 cm³/mol. The number of amides is 1. The summed E-state index contributed by atoms with van der Waals surface area (Å²) in [6.07, 6.45) is 5.34. The maximum atomic E-state index is 12.6. The molecular formula is C14H26N2O. The Morgan fingerprint density at radius 1 is 1.35 bits per heavy atom. The number of nitrogens with zero attached hydrogens (tertiary/aromatic N) is 1. The first-order chi connectivity index (χ1) is 7.92. The Kier molecular flexibility index (Phi) is 3.48. The van der Waals surface area contributed by atoms with Gasteiger partial charge in [0.1, 0.15) is 0 Å². The summed E-state index contributed by atoms with van der Waals surface area (Å²) >= 11 is 0. The molecule has 1 saturated carbocycles. The molecule has 2 N–H and O–H groups in total. The highest BCUT2D eigenvalue weighted by atomic mass is 16.2. The van der Waals surface area contributed by atoms with E-state index in [-0.39, 0.29) is 17.5 Å². The Morgan fingerprint density at radius 3 is 2.65 bits per heavy atom. The molecule has 1 saturated heterocycles. The Bertz CT molecular complexity index is 301. The van der Waals surface area contributed by atoms with E-state index in [1.54, 1.807) is 0 Å². The van der Waals surface area contributed by atoms with E-state index in [4.69, 9.17) is 5.73 Å². The van der Waals surface area contributed by atoms with Crippen LogP contribution in [0.25, 0.3) is 0 Å². The highest BCUT2D eigenvalue weighted by molar-refractivity contribution is 5.80. The third-order valence-corrected chi connectivity index (χ3v) is 4.72. The molecule has 3 unspecified atom stereocenters. The molecule has 1 aliphatic heterocycles. The number of rotatable bonds is 1. The lowest BCUT2D eigenvalue weighted by Crippen LogP contribution is -2.49. The predicted octanol–water partition coefficient (Wildman–Crippen LogP) is 2.15. The average Bonchev–Trinajstić information content (AvgIpc) is 2.61. The van der Waals surface area contributed by atoms with Gasteiger partial charge in [-0.05, 0) is 51.9 Å². The van der Waals surface area contributed by atoms with Crippen molar-refractivity contribution >= 4 is 5.91 Å². The molecule has 1 heterocycles. The van der Waals surface area contributed by atoms with E-state index < -0.39 is 0 Å². The van der Waals surface area contributed by atoms with E-state index >= 15 is 0 Å². The molecule has 98 valence electrons. The van der Waals surface area contributed by atoms with Gasteiger partial charge >= 0.3 is 0 Å². The topological polar surface area (TPSA) is 46.3 Å². The lowest BCUT2D eigenvalue weighted by atomic mass is 9.77. The summed E-state index contributed by atoms with van der Waals surface area (Å²) < 4.78 is 0. The van der Waals surface area contributed by atoms with Crippen molar-refractivity contribution < 1.29 is 4.79 Å². The maximum Gasteiger partial charge on any atom is 0.226 e. The van der Waals surface area contributed by atoms with Gasteiger partial charge in [-0.15, -0.1) is 0 Å². The highest BCUT2D eigenvalue weighted by Crippen LogP contribution is 2.35. The summed E-state index contributed by atoms with van der Waals surface area (Å²) in [5, 5.41) is 0. The Hall–Kier alpha value is -0.570. The molecule has 0 aromatic rings. The van der Waals surface area contributed by atoms with E-state index in [9.17, 15) is 4.79 Å². The number of likely N-dealkylation sites (tertiary alicyclic amines) is 1. The summed E-state index contributed by atoms with van der Waals surface area (Å²) in [6.45, 7) is 7.51. The molecule has 1 aliphatic carbocycles. The molecule has 0 spiro atoms. The first kappa shape index (κ1) is 12.9. The van der Waals surface area contributed by atoms with Crippen molar-refractivity contribution in [3.05, 3.63) is 0 Å². The van der Waals surface area contributed by atoms with Crippen molar-refractivity contribution in [2.45, 2.75) is 64.5 Å². The molecule has 0 bridgehead atoms. The van der Waals surface area contributed by atoms with Gasteiger partial charge in [0.05, 0.1) is 0 Å². The molecule has 2 aliphatic rings. The fraction of sp³-hybridized carbons (Fsp3) is 0.929. The van der Waals surface area contributed by atoms with Crippen molar-refractivity contribution in [2.24, 2.45) is 17.6 Å². The molecule has 3 heteroatoms. The van der Waals surface area contributed by atoms with Crippen molar-refractivity contribution in [1.29, 1.82) is 0 Å². The smallest absolute Gasteiger partial charge is 0.226 e. The van der Waals surface area contributed by atoms with Crippen LogP contribution in [-0.2, 0) is 4.79 Å². The summed E-state index contributed by atoms with van der Waals surface area (Å²) in [6, 6.07) is 0.228. The van der Waals surface area contributed by atoms with Crippen LogP contribution in [0.1, 0.15) is 52.9 Å². The quantitative estimate of drug-likeness (QED) is 0.761. The summed E-state index contributed by atoms with van der Waals surface area (Å²) in [5.74, 6) is 1.02. The number of nitrogens with two attached hydrogens (primary N) is 1. The lowest BCUT2D eigenvalue weighted by Gasteiger charge is -2.39. The third kappa shape index (κ3) is 2.49. The van der Waals surface area contributed by atoms with Gasteiger partial charge in [-0.2, -0.15) is 0 Å². The minimum atomic E-state index is 0.0539. The normalized spacial score (nSPS) is 37.2. The van der Waals surface area contributed by atoms with Gasteiger partial charge in [0.2, 0.25) is 5.91 Å². The van der Waals surface area contributed by atoms with Crippen LogP contribution in [0, 0.1) is 11.8 Å². The van der Waals surface area contributed by atoms with Crippen molar-refractivity contribution in [3.63, 3.8) is 0 Å². The molecular weight excluding hydrogens is 212 g/mol. The first-order valence-electron chi connectivity index (χ1n) is 6.99. The summed E-state index contributed by atoms with van der Waals surface area (Å²) in [4.78, 5) is 14.7. The molecule has 2 rings (SSSR count). The van der Waals surface area contributed by atoms with Crippen LogP contribution in [0.3, 0.4) is 0 Å². The zero-order valence-corrected chi connectivity index (χ0v) is 11.4. The minimum Gasteiger partial charge on any atom is -0.337 e. The Labute approximate surface area is 105 Å². The molecule has 1 amide bonds. The molecule has 3 nitrogen and oxygen atoms in total. The minimum absolute atomic E-state index is 0.0539. The van der Waals surface area contributed by atoms with Gasteiger partial charge in [-0.3, -0.25) is 4.79 Å². The van der Waals surface area contributed by atoms with Gasteiger partial charge in [0.15, 0.2) is 0 Å². The van der Waals surface area contributed by atoms with E-state index in [2.05, 4.69) is 25.7 Å². The van der Waals surface area contributed by atoms with Gasteiger partial charge in [-0.25, -0.2) is 0 Å². The molecule has 2 fully saturated rings. The van der Waals surface area contributed by atoms with Crippen LogP contribution < -0.4 is 5.73 Å². The molecule has 0 aromatic heterocycles. The molecule has 17 heavy (non-hydrogen) atoms. The fourth-order valence-electron chi connectivity index (χ4n) is 3.41. The van der Waals surface area contributed by atoms with Crippen molar-refractivity contribution in [1.82, 2.24) is 4.90 Å². The monoisotopic (exact) mass is 238 g/mol. The standard InChI is InChI=1S/C14H26N2O/c1-10-5-6-11(15)9-12(10)13(17)16-8-4-7-14(16,2)3/h10-12H,4-9,15H2,1-3H3. The zero-order chi connectivity index (χ0) is 12.6. The van der Waals surface area contributed by atoms with Crippen molar-refractivity contribution in [2.75, 3.05) is 6.54 Å². The number of hydrogen-bond acceptors (Lipinski definition) is 2. The van der Waals surface area contributed by atoms with Crippen LogP contribution in [-0.4, -0.2) is 28.9 Å². The second-order valence-corrected chi connectivity index (χ2v) is 6.56. The lowest BCUT2D eigenvalue weighted by molar-refractivity contribution is -0.141. The SMILES string of the molecule is CC1CCC(N)CC1C(=O)N1CCCC1(C)C. The number of hydrogen-bond donors (Lipinski definition) is 1. The van der Waals surface area contributed by atoms with Gasteiger partial charge in [0, 0.05) is 24.0 Å². The largest absolute Gasteiger partial charge is 0.337 e. The molecule has 3 atom stereocenters. The van der Waals surface area contributed by atoms with Crippen LogP contribution in [0.5, 0.6) is 0 Å². The maximum absolute atomic E-state index is 12.6. The zero-order valence-electron chi connectivity index (χ0n) is 11.4. The number of carbonyl (C=O) groups is 1. The Balaban J connectivity index is 2.08. The van der Waals surface area contributed by atoms with E-state index in [0.29, 0.717) is 11.8 Å². The van der Waals surface area contributed by atoms with Gasteiger partial charge in [0.25, 0.3) is 0 Å². The Morgan fingerprint density at radius 2 is 2.06 bits per heavy atom. The van der Waals surface area contributed by atoms with E-state index in [1.807, 2.05) is 0 Å². The van der Waals surface area contributed by atoms with Crippen LogP contribution in [0.2, 0.25) is 0 Å². The fourth-order valence-corrected chi connectivity index (χ4v) is 3.41.